The Balaban J connectivity index is 2.60. The number of alkyl halides is 3. The summed E-state index contributed by atoms with van der Waals surface area (Å²) in [5.74, 6) is 1.00. The maximum Gasteiger partial charge on any atom is 0.511 e. The molecule has 23 heavy (non-hydrogen) atoms. The Kier molecular flexibility index (Phi) is 7.12. The van der Waals surface area contributed by atoms with Gasteiger partial charge in [-0.1, -0.05) is 13.8 Å². The lowest BCUT2D eigenvalue weighted by Crippen LogP contribution is -2.51. The zero-order chi connectivity index (χ0) is 17.7. The van der Waals surface area contributed by atoms with Gasteiger partial charge in [-0.25, -0.2) is 8.42 Å². The molecule has 1 saturated heterocycles. The van der Waals surface area contributed by atoms with Gasteiger partial charge in [-0.3, -0.25) is 4.99 Å². The standard InChI is InChI=1S/C13H25F3N4O2S/c1-4-17-12(18-9-10(2)3)19-11-5-7-20(8-6-11)23(21,22)13(14,15)16/h10-11H,4-9H2,1-3H3,(H2,17,18,19). The van der Waals surface area contributed by atoms with E-state index in [2.05, 4.69) is 15.6 Å². The Hall–Kier alpha value is -1.03. The van der Waals surface area contributed by atoms with Crippen molar-refractivity contribution in [2.45, 2.75) is 45.2 Å². The summed E-state index contributed by atoms with van der Waals surface area (Å²) in [6.07, 6.45) is 0.614. The van der Waals surface area contributed by atoms with Crippen LogP contribution in [0, 0.1) is 5.92 Å². The first-order chi connectivity index (χ1) is 10.6. The van der Waals surface area contributed by atoms with Crippen LogP contribution in [0.25, 0.3) is 0 Å². The molecule has 6 nitrogen and oxygen atoms in total. The van der Waals surface area contributed by atoms with E-state index in [9.17, 15) is 21.6 Å². The normalized spacial score (nSPS) is 19.2. The van der Waals surface area contributed by atoms with Crippen LogP contribution < -0.4 is 10.6 Å². The molecule has 0 unspecified atom stereocenters. The molecule has 0 spiro atoms. The number of nitrogens with one attached hydrogen (secondary N) is 2. The molecular formula is C13H25F3N4O2S. The van der Waals surface area contributed by atoms with Gasteiger partial charge in [0, 0.05) is 32.2 Å². The van der Waals surface area contributed by atoms with Gasteiger partial charge in [0.05, 0.1) is 0 Å². The molecule has 136 valence electrons. The Morgan fingerprint density at radius 1 is 1.30 bits per heavy atom. The molecule has 2 N–H and O–H groups in total. The molecule has 1 aliphatic heterocycles. The lowest BCUT2D eigenvalue weighted by molar-refractivity contribution is -0.0494. The van der Waals surface area contributed by atoms with Gasteiger partial charge >= 0.3 is 15.5 Å². The smallest absolute Gasteiger partial charge is 0.357 e. The molecule has 1 fully saturated rings. The summed E-state index contributed by atoms with van der Waals surface area (Å²) in [6, 6.07) is -0.0976. The zero-order valence-corrected chi connectivity index (χ0v) is 14.5. The number of nitrogens with zero attached hydrogens (tertiary/aromatic N) is 2. The Labute approximate surface area is 135 Å². The fourth-order valence-electron chi connectivity index (χ4n) is 2.17. The van der Waals surface area contributed by atoms with E-state index in [0.717, 1.165) is 0 Å². The van der Waals surface area contributed by atoms with Gasteiger partial charge in [0.2, 0.25) is 0 Å². The quantitative estimate of drug-likeness (QED) is 0.577. The summed E-state index contributed by atoms with van der Waals surface area (Å²) >= 11 is 0. The first kappa shape index (κ1) is 20.0. The number of sulfonamides is 1. The summed E-state index contributed by atoms with van der Waals surface area (Å²) in [5.41, 5.74) is -5.24. The zero-order valence-electron chi connectivity index (χ0n) is 13.7. The van der Waals surface area contributed by atoms with E-state index < -0.39 is 15.5 Å². The molecule has 0 bridgehead atoms. The van der Waals surface area contributed by atoms with Gasteiger partial charge in [-0.15, -0.1) is 0 Å². The number of aliphatic imine (C=N–C) groups is 1. The van der Waals surface area contributed by atoms with Crippen LogP contribution in [0.5, 0.6) is 0 Å². The van der Waals surface area contributed by atoms with Crippen molar-refractivity contribution in [2.24, 2.45) is 10.9 Å². The third-order valence-electron chi connectivity index (χ3n) is 3.39. The molecule has 0 radical (unpaired) electrons. The van der Waals surface area contributed by atoms with Gasteiger partial charge in [0.15, 0.2) is 5.96 Å². The minimum Gasteiger partial charge on any atom is -0.357 e. The molecule has 0 aromatic carbocycles. The molecule has 0 saturated carbocycles. The number of piperidine rings is 1. The lowest BCUT2D eigenvalue weighted by atomic mass is 10.1. The van der Waals surface area contributed by atoms with Gasteiger partial charge < -0.3 is 10.6 Å². The molecular weight excluding hydrogens is 333 g/mol. The van der Waals surface area contributed by atoms with Crippen molar-refractivity contribution in [1.82, 2.24) is 14.9 Å². The molecule has 1 rings (SSSR count). The molecule has 0 atom stereocenters. The van der Waals surface area contributed by atoms with Crippen LogP contribution in [0.1, 0.15) is 33.6 Å². The van der Waals surface area contributed by atoms with E-state index in [4.69, 9.17) is 0 Å². The summed E-state index contributed by atoms with van der Waals surface area (Å²) in [6.45, 7) is 7.00. The fraction of sp³-hybridized carbons (Fsp3) is 0.923. The predicted molar refractivity (Wildman–Crippen MR) is 83.5 cm³/mol. The number of rotatable bonds is 5. The average Bonchev–Trinajstić information content (AvgIpc) is 2.44. The molecule has 0 amide bonds. The molecule has 1 heterocycles. The van der Waals surface area contributed by atoms with E-state index in [-0.39, 0.29) is 19.1 Å². The monoisotopic (exact) mass is 358 g/mol. The molecule has 0 aliphatic carbocycles. The number of halogens is 3. The minimum atomic E-state index is -5.24. The summed E-state index contributed by atoms with van der Waals surface area (Å²) in [7, 11) is -5.22. The summed E-state index contributed by atoms with van der Waals surface area (Å²) in [5, 5.41) is 6.24. The van der Waals surface area contributed by atoms with Crippen molar-refractivity contribution in [2.75, 3.05) is 26.2 Å². The second kappa shape index (κ2) is 8.18. The van der Waals surface area contributed by atoms with Crippen molar-refractivity contribution in [3.8, 4) is 0 Å². The number of hydrogen-bond donors (Lipinski definition) is 2. The predicted octanol–water partition coefficient (Wildman–Crippen LogP) is 1.51. The average molecular weight is 358 g/mol. The van der Waals surface area contributed by atoms with Crippen LogP contribution in [-0.2, 0) is 10.0 Å². The van der Waals surface area contributed by atoms with Crippen molar-refractivity contribution in [3.63, 3.8) is 0 Å². The Bertz CT molecular complexity index is 498. The van der Waals surface area contributed by atoms with Gasteiger partial charge in [-0.2, -0.15) is 17.5 Å². The highest BCUT2D eigenvalue weighted by molar-refractivity contribution is 7.90. The third-order valence-corrected chi connectivity index (χ3v) is 5.02. The van der Waals surface area contributed by atoms with Crippen LogP contribution in [0.3, 0.4) is 0 Å². The van der Waals surface area contributed by atoms with Gasteiger partial charge in [0.1, 0.15) is 0 Å². The molecule has 0 aromatic rings. The first-order valence-electron chi connectivity index (χ1n) is 7.69. The highest BCUT2D eigenvalue weighted by Crippen LogP contribution is 2.28. The molecule has 0 aromatic heterocycles. The van der Waals surface area contributed by atoms with Crippen LogP contribution in [-0.4, -0.2) is 56.4 Å². The first-order valence-corrected chi connectivity index (χ1v) is 9.13. The summed E-state index contributed by atoms with van der Waals surface area (Å²) in [4.78, 5) is 4.40. The largest absolute Gasteiger partial charge is 0.511 e. The number of hydrogen-bond acceptors (Lipinski definition) is 3. The second-order valence-electron chi connectivity index (χ2n) is 5.88. The van der Waals surface area contributed by atoms with Crippen LogP contribution in [0.2, 0.25) is 0 Å². The summed E-state index contributed by atoms with van der Waals surface area (Å²) < 4.78 is 60.8. The SMILES string of the molecule is CCNC(=NCC(C)C)NC1CCN(S(=O)(=O)C(F)(F)F)CC1. The fourth-order valence-corrected chi connectivity index (χ4v) is 3.16. The van der Waals surface area contributed by atoms with E-state index in [1.807, 2.05) is 20.8 Å². The molecule has 10 heteroatoms. The van der Waals surface area contributed by atoms with Crippen LogP contribution in [0.4, 0.5) is 13.2 Å². The number of guanidine groups is 1. The van der Waals surface area contributed by atoms with E-state index in [1.54, 1.807) is 0 Å². The van der Waals surface area contributed by atoms with Crippen molar-refractivity contribution in [1.29, 1.82) is 0 Å². The Morgan fingerprint density at radius 2 is 1.87 bits per heavy atom. The second-order valence-corrected chi connectivity index (χ2v) is 7.81. The molecule has 1 aliphatic rings. The highest BCUT2D eigenvalue weighted by atomic mass is 32.2. The highest BCUT2D eigenvalue weighted by Gasteiger charge is 2.50. The Morgan fingerprint density at radius 3 is 2.30 bits per heavy atom. The van der Waals surface area contributed by atoms with E-state index in [0.29, 0.717) is 42.1 Å². The van der Waals surface area contributed by atoms with Crippen molar-refractivity contribution >= 4 is 16.0 Å². The topological polar surface area (TPSA) is 73.8 Å². The van der Waals surface area contributed by atoms with E-state index >= 15 is 0 Å². The third kappa shape index (κ3) is 5.83. The van der Waals surface area contributed by atoms with E-state index in [1.165, 1.54) is 0 Å². The maximum absolute atomic E-state index is 12.5. The van der Waals surface area contributed by atoms with Crippen molar-refractivity contribution < 1.29 is 21.6 Å². The van der Waals surface area contributed by atoms with Crippen LogP contribution >= 0.6 is 0 Å². The maximum atomic E-state index is 12.5. The van der Waals surface area contributed by atoms with Gasteiger partial charge in [0.25, 0.3) is 0 Å². The lowest BCUT2D eigenvalue weighted by Gasteiger charge is -2.32. The van der Waals surface area contributed by atoms with Crippen molar-refractivity contribution in [3.05, 3.63) is 0 Å². The van der Waals surface area contributed by atoms with Gasteiger partial charge in [-0.05, 0) is 25.7 Å². The minimum absolute atomic E-state index is 0.0976. The van der Waals surface area contributed by atoms with Crippen LogP contribution in [0.15, 0.2) is 4.99 Å².